The first-order valence-electron chi connectivity index (χ1n) is 5.95. The molecular formula is C13H19FN2OS. The van der Waals surface area contributed by atoms with Crippen LogP contribution in [0.1, 0.15) is 36.2 Å². The second-order valence-corrected chi connectivity index (χ2v) is 5.34. The molecule has 1 aromatic carbocycles. The molecule has 5 heteroatoms. The fourth-order valence-corrected chi connectivity index (χ4v) is 2.59. The third-order valence-corrected chi connectivity index (χ3v) is 4.12. The number of rotatable bonds is 6. The molecule has 0 aliphatic carbocycles. The number of amides is 1. The predicted octanol–water partition coefficient (Wildman–Crippen LogP) is 2.71. The van der Waals surface area contributed by atoms with Crippen LogP contribution in [0.5, 0.6) is 0 Å². The number of hydrogen-bond acceptors (Lipinski definition) is 3. The largest absolute Gasteiger partial charge is 0.290 e. The summed E-state index contributed by atoms with van der Waals surface area (Å²) in [6.07, 6.45) is 1.12. The van der Waals surface area contributed by atoms with Gasteiger partial charge in [-0.3, -0.25) is 10.2 Å². The molecule has 0 aliphatic heterocycles. The van der Waals surface area contributed by atoms with Crippen LogP contribution in [0.3, 0.4) is 0 Å². The standard InChI is InChI=1S/C13H19FN2OS/c1-3-9(2)7-18-8-11-6-10(13(17)16-15)4-5-12(11)14/h4-6,9H,3,7-8,15H2,1-2H3,(H,16,17). The molecule has 1 aromatic rings. The summed E-state index contributed by atoms with van der Waals surface area (Å²) in [5, 5.41) is 0. The number of thioether (sulfide) groups is 1. The Balaban J connectivity index is 2.66. The Labute approximate surface area is 111 Å². The number of hydrogen-bond donors (Lipinski definition) is 2. The van der Waals surface area contributed by atoms with Gasteiger partial charge < -0.3 is 0 Å². The summed E-state index contributed by atoms with van der Waals surface area (Å²) in [5.41, 5.74) is 2.98. The predicted molar refractivity (Wildman–Crippen MR) is 73.7 cm³/mol. The Morgan fingerprint density at radius 2 is 2.28 bits per heavy atom. The molecule has 0 radical (unpaired) electrons. The Kier molecular flexibility index (Phi) is 6.15. The van der Waals surface area contributed by atoms with E-state index in [1.807, 2.05) is 5.43 Å². The van der Waals surface area contributed by atoms with Crippen LogP contribution in [0.2, 0.25) is 0 Å². The summed E-state index contributed by atoms with van der Waals surface area (Å²) >= 11 is 1.68. The lowest BCUT2D eigenvalue weighted by Crippen LogP contribution is -2.30. The minimum Gasteiger partial charge on any atom is -0.290 e. The number of benzene rings is 1. The molecule has 1 rings (SSSR count). The molecule has 1 amide bonds. The second-order valence-electron chi connectivity index (χ2n) is 4.31. The maximum atomic E-state index is 13.6. The van der Waals surface area contributed by atoms with Gasteiger partial charge in [-0.05, 0) is 35.4 Å². The monoisotopic (exact) mass is 270 g/mol. The van der Waals surface area contributed by atoms with Crippen molar-refractivity contribution in [1.82, 2.24) is 5.43 Å². The third-order valence-electron chi connectivity index (χ3n) is 2.80. The highest BCUT2D eigenvalue weighted by atomic mass is 32.2. The molecule has 0 heterocycles. The van der Waals surface area contributed by atoms with E-state index in [0.29, 0.717) is 22.8 Å². The Morgan fingerprint density at radius 3 is 2.89 bits per heavy atom. The van der Waals surface area contributed by atoms with Crippen molar-refractivity contribution in [2.24, 2.45) is 11.8 Å². The Bertz CT molecular complexity index is 412. The van der Waals surface area contributed by atoms with Gasteiger partial charge in [-0.25, -0.2) is 10.2 Å². The van der Waals surface area contributed by atoms with Gasteiger partial charge in [0.05, 0.1) is 0 Å². The third kappa shape index (κ3) is 4.31. The lowest BCUT2D eigenvalue weighted by molar-refractivity contribution is 0.0953. The smallest absolute Gasteiger partial charge is 0.265 e. The molecule has 3 N–H and O–H groups in total. The van der Waals surface area contributed by atoms with Crippen LogP contribution in [0.4, 0.5) is 4.39 Å². The fourth-order valence-electron chi connectivity index (χ4n) is 1.40. The van der Waals surface area contributed by atoms with Crippen molar-refractivity contribution in [3.05, 3.63) is 35.1 Å². The van der Waals surface area contributed by atoms with E-state index in [4.69, 9.17) is 5.84 Å². The fraction of sp³-hybridized carbons (Fsp3) is 0.462. The van der Waals surface area contributed by atoms with Gasteiger partial charge in [-0.1, -0.05) is 20.3 Å². The molecule has 18 heavy (non-hydrogen) atoms. The van der Waals surface area contributed by atoms with Crippen molar-refractivity contribution in [2.75, 3.05) is 5.75 Å². The normalized spacial score (nSPS) is 12.2. The second kappa shape index (κ2) is 7.38. The summed E-state index contributed by atoms with van der Waals surface area (Å²) in [4.78, 5) is 11.3. The molecular weight excluding hydrogens is 251 g/mol. The highest BCUT2D eigenvalue weighted by Gasteiger charge is 2.09. The van der Waals surface area contributed by atoms with Gasteiger partial charge in [0.2, 0.25) is 0 Å². The van der Waals surface area contributed by atoms with Gasteiger partial charge in [-0.2, -0.15) is 11.8 Å². The van der Waals surface area contributed by atoms with Crippen LogP contribution in [0.15, 0.2) is 18.2 Å². The average Bonchev–Trinajstić information content (AvgIpc) is 2.39. The molecule has 0 spiro atoms. The van der Waals surface area contributed by atoms with Crippen molar-refractivity contribution in [2.45, 2.75) is 26.0 Å². The number of halogens is 1. The Morgan fingerprint density at radius 1 is 1.56 bits per heavy atom. The average molecular weight is 270 g/mol. The number of carbonyl (C=O) groups is 1. The minimum absolute atomic E-state index is 0.278. The summed E-state index contributed by atoms with van der Waals surface area (Å²) in [6, 6.07) is 4.30. The lowest BCUT2D eigenvalue weighted by Gasteiger charge is -2.09. The molecule has 0 saturated heterocycles. The number of nitrogen functional groups attached to an aromatic ring is 1. The first-order chi connectivity index (χ1) is 8.58. The van der Waals surface area contributed by atoms with Gasteiger partial charge in [-0.15, -0.1) is 0 Å². The van der Waals surface area contributed by atoms with E-state index in [-0.39, 0.29) is 5.82 Å². The SMILES string of the molecule is CCC(C)CSCc1cc(C(=O)NN)ccc1F. The van der Waals surface area contributed by atoms with E-state index in [1.165, 1.54) is 12.1 Å². The Hall–Kier alpha value is -1.07. The van der Waals surface area contributed by atoms with E-state index >= 15 is 0 Å². The summed E-state index contributed by atoms with van der Waals surface area (Å²) in [7, 11) is 0. The maximum absolute atomic E-state index is 13.6. The van der Waals surface area contributed by atoms with E-state index in [1.54, 1.807) is 17.8 Å². The van der Waals surface area contributed by atoms with Gasteiger partial charge >= 0.3 is 0 Å². The zero-order valence-corrected chi connectivity index (χ0v) is 11.5. The van der Waals surface area contributed by atoms with Crippen LogP contribution in [0, 0.1) is 11.7 Å². The molecule has 3 nitrogen and oxygen atoms in total. The summed E-state index contributed by atoms with van der Waals surface area (Å²) in [5.74, 6) is 6.55. The number of nitrogens with two attached hydrogens (primary N) is 1. The molecule has 0 aromatic heterocycles. The van der Waals surface area contributed by atoms with Crippen LogP contribution >= 0.6 is 11.8 Å². The lowest BCUT2D eigenvalue weighted by atomic mass is 10.1. The molecule has 0 bridgehead atoms. The molecule has 0 fully saturated rings. The van der Waals surface area contributed by atoms with Crippen molar-refractivity contribution in [3.8, 4) is 0 Å². The van der Waals surface area contributed by atoms with Gasteiger partial charge in [0.1, 0.15) is 5.82 Å². The highest BCUT2D eigenvalue weighted by molar-refractivity contribution is 7.98. The molecule has 0 aliphatic rings. The van der Waals surface area contributed by atoms with Crippen LogP contribution < -0.4 is 11.3 Å². The molecule has 100 valence electrons. The first-order valence-corrected chi connectivity index (χ1v) is 7.11. The quantitative estimate of drug-likeness (QED) is 0.475. The van der Waals surface area contributed by atoms with Crippen LogP contribution in [-0.4, -0.2) is 11.7 Å². The number of nitrogens with one attached hydrogen (secondary N) is 1. The van der Waals surface area contributed by atoms with E-state index in [2.05, 4.69) is 13.8 Å². The zero-order valence-electron chi connectivity index (χ0n) is 10.7. The van der Waals surface area contributed by atoms with E-state index in [9.17, 15) is 9.18 Å². The van der Waals surface area contributed by atoms with Crippen molar-refractivity contribution >= 4 is 17.7 Å². The number of carbonyl (C=O) groups excluding carboxylic acids is 1. The van der Waals surface area contributed by atoms with E-state index in [0.717, 1.165) is 12.2 Å². The van der Waals surface area contributed by atoms with Gasteiger partial charge in [0, 0.05) is 11.3 Å². The summed E-state index contributed by atoms with van der Waals surface area (Å²) in [6.45, 7) is 4.31. The van der Waals surface area contributed by atoms with Crippen molar-refractivity contribution in [3.63, 3.8) is 0 Å². The summed E-state index contributed by atoms with van der Waals surface area (Å²) < 4.78 is 13.6. The van der Waals surface area contributed by atoms with Crippen LogP contribution in [-0.2, 0) is 5.75 Å². The minimum atomic E-state index is -0.400. The van der Waals surface area contributed by atoms with Gasteiger partial charge in [0.15, 0.2) is 0 Å². The zero-order chi connectivity index (χ0) is 13.5. The molecule has 1 unspecified atom stereocenters. The molecule has 0 saturated carbocycles. The maximum Gasteiger partial charge on any atom is 0.265 e. The van der Waals surface area contributed by atoms with Gasteiger partial charge in [0.25, 0.3) is 5.91 Å². The first kappa shape index (κ1) is 15.0. The topological polar surface area (TPSA) is 55.1 Å². The van der Waals surface area contributed by atoms with Crippen molar-refractivity contribution < 1.29 is 9.18 Å². The van der Waals surface area contributed by atoms with Crippen LogP contribution in [0.25, 0.3) is 0 Å². The van der Waals surface area contributed by atoms with Crippen molar-refractivity contribution in [1.29, 1.82) is 0 Å². The number of hydrazine groups is 1. The van der Waals surface area contributed by atoms with E-state index < -0.39 is 5.91 Å². The highest BCUT2D eigenvalue weighted by Crippen LogP contribution is 2.20. The molecule has 1 atom stereocenters.